The molecule has 1 atom stereocenters. The van der Waals surface area contributed by atoms with Crippen LogP contribution in [0.5, 0.6) is 0 Å². The number of rotatable bonds is 2. The number of hydrogen-bond acceptors (Lipinski definition) is 3. The van der Waals surface area contributed by atoms with Gasteiger partial charge in [0.1, 0.15) is 0 Å². The van der Waals surface area contributed by atoms with E-state index in [9.17, 15) is 9.59 Å². The Hall–Kier alpha value is -0.810. The third-order valence-corrected chi connectivity index (χ3v) is 5.18. The summed E-state index contributed by atoms with van der Waals surface area (Å²) in [7, 11) is 0. The molecule has 0 spiro atoms. The molecule has 2 amide bonds. The molecule has 0 radical (unpaired) electrons. The first kappa shape index (κ1) is 17.5. The summed E-state index contributed by atoms with van der Waals surface area (Å²) in [5.74, 6) is 0.723. The second-order valence-electron chi connectivity index (χ2n) is 6.63. The van der Waals surface area contributed by atoms with Crippen LogP contribution in [0.1, 0.15) is 44.9 Å². The van der Waals surface area contributed by atoms with Crippen LogP contribution in [0.3, 0.4) is 0 Å². The average Bonchev–Trinajstić information content (AvgIpc) is 3.09. The number of halogens is 1. The van der Waals surface area contributed by atoms with Gasteiger partial charge in [0.15, 0.2) is 0 Å². The Morgan fingerprint density at radius 2 is 1.41 bits per heavy atom. The molecule has 126 valence electrons. The monoisotopic (exact) mass is 329 g/mol. The molecule has 0 aromatic rings. The normalized spacial score (nSPS) is 26.6. The van der Waals surface area contributed by atoms with Crippen molar-refractivity contribution in [3.8, 4) is 0 Å². The van der Waals surface area contributed by atoms with Gasteiger partial charge in [-0.25, -0.2) is 0 Å². The molecule has 3 aliphatic heterocycles. The molecule has 1 N–H and O–H groups in total. The predicted molar refractivity (Wildman–Crippen MR) is 88.0 cm³/mol. The molecule has 0 aliphatic carbocycles. The Morgan fingerprint density at radius 1 is 0.773 bits per heavy atom. The second-order valence-corrected chi connectivity index (χ2v) is 6.63. The van der Waals surface area contributed by atoms with Gasteiger partial charge in [-0.15, -0.1) is 12.4 Å². The van der Waals surface area contributed by atoms with Crippen molar-refractivity contribution in [3.63, 3.8) is 0 Å². The number of piperidine rings is 2. The molecule has 3 saturated heterocycles. The number of hydrogen-bond donors (Lipinski definition) is 1. The van der Waals surface area contributed by atoms with Crippen molar-refractivity contribution in [2.24, 2.45) is 5.92 Å². The van der Waals surface area contributed by atoms with E-state index in [1.54, 1.807) is 0 Å². The van der Waals surface area contributed by atoms with E-state index >= 15 is 0 Å². The van der Waals surface area contributed by atoms with Crippen LogP contribution >= 0.6 is 12.4 Å². The van der Waals surface area contributed by atoms with Crippen LogP contribution in [0.25, 0.3) is 0 Å². The van der Waals surface area contributed by atoms with E-state index in [1.165, 1.54) is 6.42 Å². The molecule has 5 nitrogen and oxygen atoms in total. The van der Waals surface area contributed by atoms with E-state index in [2.05, 4.69) is 5.32 Å². The lowest BCUT2D eigenvalue weighted by molar-refractivity contribution is -0.142. The summed E-state index contributed by atoms with van der Waals surface area (Å²) in [6.07, 6.45) is 7.30. The van der Waals surface area contributed by atoms with Gasteiger partial charge in [-0.05, 0) is 51.5 Å². The summed E-state index contributed by atoms with van der Waals surface area (Å²) in [5.41, 5.74) is 0. The highest BCUT2D eigenvalue weighted by Crippen LogP contribution is 2.23. The molecular formula is C16H28ClN3O2. The third kappa shape index (κ3) is 3.93. The maximum atomic E-state index is 12.5. The van der Waals surface area contributed by atoms with Gasteiger partial charge in [0.2, 0.25) is 11.8 Å². The number of carbonyl (C=O) groups is 2. The van der Waals surface area contributed by atoms with Gasteiger partial charge in [0.05, 0.1) is 6.04 Å². The first-order valence-electron chi connectivity index (χ1n) is 8.56. The van der Waals surface area contributed by atoms with Gasteiger partial charge in [-0.2, -0.15) is 0 Å². The first-order chi connectivity index (χ1) is 10.3. The van der Waals surface area contributed by atoms with Gasteiger partial charge in [-0.1, -0.05) is 0 Å². The number of nitrogens with one attached hydrogen (secondary N) is 1. The number of likely N-dealkylation sites (tertiary alicyclic amines) is 2. The van der Waals surface area contributed by atoms with Crippen molar-refractivity contribution >= 4 is 24.2 Å². The van der Waals surface area contributed by atoms with Gasteiger partial charge in [-0.3, -0.25) is 9.59 Å². The highest BCUT2D eigenvalue weighted by Gasteiger charge is 2.33. The molecule has 0 bridgehead atoms. The lowest BCUT2D eigenvalue weighted by Gasteiger charge is -2.36. The van der Waals surface area contributed by atoms with Crippen LogP contribution in [0.15, 0.2) is 0 Å². The summed E-state index contributed by atoms with van der Waals surface area (Å²) in [5, 5.41) is 3.27. The molecule has 3 heterocycles. The fourth-order valence-corrected chi connectivity index (χ4v) is 3.84. The Morgan fingerprint density at radius 3 is 2.00 bits per heavy atom. The fourth-order valence-electron chi connectivity index (χ4n) is 3.84. The smallest absolute Gasteiger partial charge is 0.239 e. The lowest BCUT2D eigenvalue weighted by Crippen LogP contribution is -2.49. The Bertz CT molecular complexity index is 385. The van der Waals surface area contributed by atoms with Gasteiger partial charge in [0, 0.05) is 32.1 Å². The minimum absolute atomic E-state index is 0. The number of nitrogens with zero attached hydrogens (tertiary/aromatic N) is 2. The fraction of sp³-hybridized carbons (Fsp3) is 0.875. The quantitative estimate of drug-likeness (QED) is 0.833. The van der Waals surface area contributed by atoms with E-state index < -0.39 is 0 Å². The SMILES string of the molecule is Cl.O=C(C1CCN(C(=O)C2CCCN2)CC1)N1CCCCC1. The van der Waals surface area contributed by atoms with Gasteiger partial charge < -0.3 is 15.1 Å². The van der Waals surface area contributed by atoms with Crippen molar-refractivity contribution in [3.05, 3.63) is 0 Å². The molecule has 3 fully saturated rings. The molecule has 0 aromatic heterocycles. The zero-order valence-corrected chi connectivity index (χ0v) is 14.1. The van der Waals surface area contributed by atoms with Crippen LogP contribution in [-0.4, -0.2) is 60.4 Å². The Kier molecular flexibility index (Phi) is 6.50. The van der Waals surface area contributed by atoms with E-state index in [0.29, 0.717) is 5.91 Å². The van der Waals surface area contributed by atoms with Crippen molar-refractivity contribution in [1.82, 2.24) is 15.1 Å². The molecule has 6 heteroatoms. The maximum Gasteiger partial charge on any atom is 0.239 e. The average molecular weight is 330 g/mol. The van der Waals surface area contributed by atoms with E-state index in [0.717, 1.165) is 71.2 Å². The third-order valence-electron chi connectivity index (χ3n) is 5.18. The lowest BCUT2D eigenvalue weighted by atomic mass is 9.94. The molecular weight excluding hydrogens is 302 g/mol. The summed E-state index contributed by atoms with van der Waals surface area (Å²) >= 11 is 0. The largest absolute Gasteiger partial charge is 0.342 e. The topological polar surface area (TPSA) is 52.7 Å². The van der Waals surface area contributed by atoms with Crippen LogP contribution in [0.2, 0.25) is 0 Å². The molecule has 0 saturated carbocycles. The van der Waals surface area contributed by atoms with Gasteiger partial charge in [0.25, 0.3) is 0 Å². The van der Waals surface area contributed by atoms with E-state index in [-0.39, 0.29) is 30.3 Å². The van der Waals surface area contributed by atoms with Crippen molar-refractivity contribution in [2.75, 3.05) is 32.7 Å². The van der Waals surface area contributed by atoms with Crippen LogP contribution < -0.4 is 5.32 Å². The highest BCUT2D eigenvalue weighted by atomic mass is 35.5. The molecule has 1 unspecified atom stereocenters. The van der Waals surface area contributed by atoms with Crippen LogP contribution in [0.4, 0.5) is 0 Å². The first-order valence-corrected chi connectivity index (χ1v) is 8.56. The minimum atomic E-state index is 0. The summed E-state index contributed by atoms with van der Waals surface area (Å²) in [6, 6.07) is 0.0272. The standard InChI is InChI=1S/C16H27N3O2.ClH/c20-15(18-9-2-1-3-10-18)13-6-11-19(12-7-13)16(21)14-5-4-8-17-14;/h13-14,17H,1-12H2;1H. The number of amides is 2. The van der Waals surface area contributed by atoms with Crippen LogP contribution in [0, 0.1) is 5.92 Å². The van der Waals surface area contributed by atoms with E-state index in [4.69, 9.17) is 0 Å². The Labute approximate surface area is 139 Å². The van der Waals surface area contributed by atoms with Crippen LogP contribution in [-0.2, 0) is 9.59 Å². The highest BCUT2D eigenvalue weighted by molar-refractivity contribution is 5.85. The molecule has 0 aromatic carbocycles. The van der Waals surface area contributed by atoms with Crippen molar-refractivity contribution < 1.29 is 9.59 Å². The zero-order valence-electron chi connectivity index (χ0n) is 13.3. The maximum absolute atomic E-state index is 12.5. The zero-order chi connectivity index (χ0) is 14.7. The molecule has 3 aliphatic rings. The predicted octanol–water partition coefficient (Wildman–Crippen LogP) is 1.41. The summed E-state index contributed by atoms with van der Waals surface area (Å²) in [4.78, 5) is 28.8. The summed E-state index contributed by atoms with van der Waals surface area (Å²) < 4.78 is 0. The van der Waals surface area contributed by atoms with Crippen molar-refractivity contribution in [1.29, 1.82) is 0 Å². The van der Waals surface area contributed by atoms with Crippen molar-refractivity contribution in [2.45, 2.75) is 51.0 Å². The van der Waals surface area contributed by atoms with E-state index in [1.807, 2.05) is 9.80 Å². The molecule has 22 heavy (non-hydrogen) atoms. The van der Waals surface area contributed by atoms with Gasteiger partial charge >= 0.3 is 0 Å². The minimum Gasteiger partial charge on any atom is -0.342 e. The molecule has 3 rings (SSSR count). The second kappa shape index (κ2) is 8.16. The summed E-state index contributed by atoms with van der Waals surface area (Å²) in [6.45, 7) is 4.33. The Balaban J connectivity index is 0.00000176. The number of carbonyl (C=O) groups excluding carboxylic acids is 2.